The summed E-state index contributed by atoms with van der Waals surface area (Å²) in [6.45, 7) is 5.05. The first-order valence-corrected chi connectivity index (χ1v) is 10.6. The molecule has 0 aliphatic carbocycles. The van der Waals surface area contributed by atoms with Gasteiger partial charge in [0.1, 0.15) is 5.75 Å². The molecule has 1 amide bonds. The Morgan fingerprint density at radius 1 is 1.03 bits per heavy atom. The fraction of sp³-hybridized carbons (Fsp3) is 0.240. The fourth-order valence-corrected chi connectivity index (χ4v) is 3.25. The number of ether oxygens (including phenoxy) is 2. The second-order valence-corrected chi connectivity index (χ2v) is 8.88. The topological polar surface area (TPSA) is 138 Å². The number of carboxylic acid groups (broad SMARTS) is 1. The van der Waals surface area contributed by atoms with E-state index in [0.29, 0.717) is 23.7 Å². The minimum atomic E-state index is -1.47. The van der Waals surface area contributed by atoms with Gasteiger partial charge in [0.15, 0.2) is 11.6 Å². The van der Waals surface area contributed by atoms with Crippen molar-refractivity contribution < 1.29 is 33.0 Å². The van der Waals surface area contributed by atoms with Gasteiger partial charge in [0.25, 0.3) is 11.8 Å². The summed E-state index contributed by atoms with van der Waals surface area (Å²) in [5, 5.41) is 9.45. The van der Waals surface area contributed by atoms with E-state index in [4.69, 9.17) is 20.9 Å². The van der Waals surface area contributed by atoms with Crippen LogP contribution in [-0.2, 0) is 11.3 Å². The lowest BCUT2D eigenvalue weighted by atomic mass is 9.89. The standard InChI is InChI=1S/C25H25F2N3O5/c1-25(2,3)20(24(32)33)35-23-19(27)11-18(26)22(30-23)34-17-9-15(8-16(10-17)21(29)31)14-6-4-5-13(7-14)12-28/h4-11,20H,12,28H2,1-3H3,(H2,29,31)(H,32,33)/t20-/m0/s1. The Balaban J connectivity index is 2.03. The number of hydrogen-bond acceptors (Lipinski definition) is 6. The second-order valence-electron chi connectivity index (χ2n) is 8.88. The summed E-state index contributed by atoms with van der Waals surface area (Å²) in [6.07, 6.45) is -1.47. The van der Waals surface area contributed by atoms with Gasteiger partial charge in [0, 0.05) is 23.6 Å². The first kappa shape index (κ1) is 25.6. The monoisotopic (exact) mass is 485 g/mol. The molecule has 3 aromatic rings. The van der Waals surface area contributed by atoms with Gasteiger partial charge in [-0.25, -0.2) is 13.6 Å². The lowest BCUT2D eigenvalue weighted by Gasteiger charge is -2.27. The Morgan fingerprint density at radius 3 is 2.31 bits per heavy atom. The molecule has 1 atom stereocenters. The van der Waals surface area contributed by atoms with Crippen molar-refractivity contribution in [1.29, 1.82) is 0 Å². The van der Waals surface area contributed by atoms with E-state index in [2.05, 4.69) is 4.98 Å². The minimum Gasteiger partial charge on any atom is -0.478 e. The molecule has 184 valence electrons. The van der Waals surface area contributed by atoms with Crippen molar-refractivity contribution in [1.82, 2.24) is 4.98 Å². The van der Waals surface area contributed by atoms with Gasteiger partial charge in [0.05, 0.1) is 0 Å². The summed E-state index contributed by atoms with van der Waals surface area (Å²) in [5.74, 6) is -5.89. The quantitative estimate of drug-likeness (QED) is 0.433. The van der Waals surface area contributed by atoms with Crippen LogP contribution in [0.25, 0.3) is 11.1 Å². The molecule has 35 heavy (non-hydrogen) atoms. The summed E-state index contributed by atoms with van der Waals surface area (Å²) in [6, 6.07) is 12.0. The van der Waals surface area contributed by atoms with E-state index in [-0.39, 0.29) is 11.3 Å². The fourth-order valence-electron chi connectivity index (χ4n) is 3.25. The van der Waals surface area contributed by atoms with Gasteiger partial charge < -0.3 is 26.0 Å². The van der Waals surface area contributed by atoms with E-state index in [1.165, 1.54) is 18.2 Å². The summed E-state index contributed by atoms with van der Waals surface area (Å²) in [5.41, 5.74) is 12.4. The number of aliphatic carboxylic acids is 1. The zero-order valence-electron chi connectivity index (χ0n) is 19.3. The molecule has 0 unspecified atom stereocenters. The number of halogens is 2. The van der Waals surface area contributed by atoms with E-state index in [0.717, 1.165) is 5.56 Å². The molecule has 3 rings (SSSR count). The molecule has 8 nitrogen and oxygen atoms in total. The second kappa shape index (κ2) is 10.1. The number of hydrogen-bond donors (Lipinski definition) is 3. The molecule has 0 saturated carbocycles. The molecule has 0 aliphatic rings. The van der Waals surface area contributed by atoms with Crippen LogP contribution < -0.4 is 20.9 Å². The first-order valence-electron chi connectivity index (χ1n) is 10.6. The van der Waals surface area contributed by atoms with Crippen LogP contribution >= 0.6 is 0 Å². The number of aromatic nitrogens is 1. The first-order chi connectivity index (χ1) is 16.4. The number of rotatable bonds is 8. The number of pyridine rings is 1. The highest BCUT2D eigenvalue weighted by atomic mass is 19.1. The summed E-state index contributed by atoms with van der Waals surface area (Å²) < 4.78 is 39.7. The third kappa shape index (κ3) is 6.10. The normalized spacial score (nSPS) is 12.2. The zero-order valence-corrected chi connectivity index (χ0v) is 19.3. The molecule has 0 saturated heterocycles. The molecule has 0 spiro atoms. The maximum absolute atomic E-state index is 14.5. The van der Waals surface area contributed by atoms with E-state index >= 15 is 0 Å². The van der Waals surface area contributed by atoms with Crippen molar-refractivity contribution in [3.8, 4) is 28.6 Å². The predicted molar refractivity (Wildman–Crippen MR) is 124 cm³/mol. The Bertz CT molecular complexity index is 1270. The molecule has 0 bridgehead atoms. The largest absolute Gasteiger partial charge is 0.478 e. The number of amides is 1. The van der Waals surface area contributed by atoms with E-state index in [9.17, 15) is 23.5 Å². The third-order valence-electron chi connectivity index (χ3n) is 5.01. The van der Waals surface area contributed by atoms with Crippen molar-refractivity contribution >= 4 is 11.9 Å². The van der Waals surface area contributed by atoms with Crippen molar-refractivity contribution in [3.05, 3.63) is 71.3 Å². The van der Waals surface area contributed by atoms with Crippen molar-refractivity contribution in [2.24, 2.45) is 16.9 Å². The number of carboxylic acids is 1. The van der Waals surface area contributed by atoms with E-state index < -0.39 is 46.8 Å². The molecule has 1 aromatic heterocycles. The Morgan fingerprint density at radius 2 is 1.71 bits per heavy atom. The summed E-state index contributed by atoms with van der Waals surface area (Å²) in [4.78, 5) is 27.2. The summed E-state index contributed by atoms with van der Waals surface area (Å²) >= 11 is 0. The van der Waals surface area contributed by atoms with Gasteiger partial charge >= 0.3 is 5.97 Å². The number of carbonyl (C=O) groups excluding carboxylic acids is 1. The van der Waals surface area contributed by atoms with Crippen LogP contribution in [0, 0.1) is 17.0 Å². The zero-order chi connectivity index (χ0) is 25.9. The smallest absolute Gasteiger partial charge is 0.345 e. The van der Waals surface area contributed by atoms with Gasteiger partial charge in [-0.3, -0.25) is 4.79 Å². The molecule has 10 heteroatoms. The minimum absolute atomic E-state index is 0.0102. The molecule has 5 N–H and O–H groups in total. The number of nitrogens with zero attached hydrogens (tertiary/aromatic N) is 1. The lowest BCUT2D eigenvalue weighted by Crippen LogP contribution is -2.39. The van der Waals surface area contributed by atoms with Crippen LogP contribution in [0.2, 0.25) is 0 Å². The summed E-state index contributed by atoms with van der Waals surface area (Å²) in [7, 11) is 0. The highest BCUT2D eigenvalue weighted by Crippen LogP contribution is 2.33. The Labute approximate surface area is 200 Å². The van der Waals surface area contributed by atoms with E-state index in [1.807, 2.05) is 12.1 Å². The Kier molecular flexibility index (Phi) is 7.35. The number of benzene rings is 2. The molecule has 0 aliphatic heterocycles. The molecular weight excluding hydrogens is 460 g/mol. The molecular formula is C25H25F2N3O5. The van der Waals surface area contributed by atoms with Crippen LogP contribution in [0.3, 0.4) is 0 Å². The molecule has 0 fully saturated rings. The van der Waals surface area contributed by atoms with Crippen LogP contribution in [0.1, 0.15) is 36.7 Å². The highest BCUT2D eigenvalue weighted by Gasteiger charge is 2.35. The van der Waals surface area contributed by atoms with Gasteiger partial charge in [0.2, 0.25) is 12.0 Å². The van der Waals surface area contributed by atoms with E-state index in [1.54, 1.807) is 32.9 Å². The highest BCUT2D eigenvalue weighted by molar-refractivity contribution is 5.94. The SMILES string of the molecule is CC(C)(C)[C@@H](Oc1nc(Oc2cc(C(N)=O)cc(-c3cccc(CN)c3)c2)c(F)cc1F)C(=O)O. The predicted octanol–water partition coefficient (Wildman–Crippen LogP) is 4.25. The average molecular weight is 485 g/mol. The average Bonchev–Trinajstić information content (AvgIpc) is 2.78. The van der Waals surface area contributed by atoms with Gasteiger partial charge in [-0.15, -0.1) is 0 Å². The molecule has 1 heterocycles. The van der Waals surface area contributed by atoms with Crippen LogP contribution in [0.4, 0.5) is 8.78 Å². The number of carbonyl (C=O) groups is 2. The maximum atomic E-state index is 14.5. The van der Waals surface area contributed by atoms with Crippen molar-refractivity contribution in [2.75, 3.05) is 0 Å². The number of nitrogens with two attached hydrogens (primary N) is 2. The van der Waals surface area contributed by atoms with Crippen molar-refractivity contribution in [2.45, 2.75) is 33.4 Å². The maximum Gasteiger partial charge on any atom is 0.345 e. The Hall–Kier alpha value is -4.05. The lowest BCUT2D eigenvalue weighted by molar-refractivity contribution is -0.150. The van der Waals surface area contributed by atoms with Gasteiger partial charge in [-0.1, -0.05) is 39.0 Å². The van der Waals surface area contributed by atoms with Crippen molar-refractivity contribution in [3.63, 3.8) is 0 Å². The molecule has 2 aromatic carbocycles. The molecule has 0 radical (unpaired) electrons. The van der Waals surface area contributed by atoms with Crippen LogP contribution in [-0.4, -0.2) is 28.1 Å². The third-order valence-corrected chi connectivity index (χ3v) is 5.01. The number of primary amides is 1. The van der Waals surface area contributed by atoms with Crippen LogP contribution in [0.15, 0.2) is 48.5 Å². The van der Waals surface area contributed by atoms with Gasteiger partial charge in [-0.05, 0) is 41.0 Å². The van der Waals surface area contributed by atoms with Gasteiger partial charge in [-0.2, -0.15) is 4.98 Å². The van der Waals surface area contributed by atoms with Crippen LogP contribution in [0.5, 0.6) is 17.5 Å².